The Bertz CT molecular complexity index is 840. The third-order valence-electron chi connectivity index (χ3n) is 3.96. The highest BCUT2D eigenvalue weighted by molar-refractivity contribution is 6.08. The van der Waals surface area contributed by atoms with Gasteiger partial charge in [-0.15, -0.1) is 0 Å². The average Bonchev–Trinajstić information content (AvgIpc) is 2.86. The van der Waals surface area contributed by atoms with Gasteiger partial charge >= 0.3 is 11.9 Å². The number of carbonyl (C=O) groups excluding carboxylic acids is 2. The van der Waals surface area contributed by atoms with Gasteiger partial charge in [0.05, 0.1) is 28.6 Å². The van der Waals surface area contributed by atoms with Crippen molar-refractivity contribution in [3.63, 3.8) is 0 Å². The van der Waals surface area contributed by atoms with E-state index in [0.29, 0.717) is 28.1 Å². The molecule has 1 aromatic heterocycles. The van der Waals surface area contributed by atoms with E-state index >= 15 is 0 Å². The molecular weight excluding hydrogens is 306 g/mol. The molecule has 0 spiro atoms. The predicted octanol–water partition coefficient (Wildman–Crippen LogP) is 3.60. The number of carbonyl (C=O) groups is 2. The Morgan fingerprint density at radius 3 is 2.58 bits per heavy atom. The summed E-state index contributed by atoms with van der Waals surface area (Å²) in [5.74, 6) is -0.926. The Hall–Kier alpha value is -2.69. The number of cyclic esters (lactones) is 1. The number of aryl methyl sites for hydroxylation is 2. The lowest BCUT2D eigenvalue weighted by atomic mass is 9.90. The van der Waals surface area contributed by atoms with Gasteiger partial charge in [-0.3, -0.25) is 4.98 Å². The molecule has 0 saturated carbocycles. The number of esters is 2. The second-order valence-electron chi connectivity index (χ2n) is 6.11. The third kappa shape index (κ3) is 2.66. The van der Waals surface area contributed by atoms with Crippen molar-refractivity contribution in [2.24, 2.45) is 0 Å². The third-order valence-corrected chi connectivity index (χ3v) is 3.96. The van der Waals surface area contributed by atoms with Crippen molar-refractivity contribution < 1.29 is 19.1 Å². The van der Waals surface area contributed by atoms with Crippen LogP contribution in [0.25, 0.3) is 11.1 Å². The summed E-state index contributed by atoms with van der Waals surface area (Å²) in [6, 6.07) is 7.62. The topological polar surface area (TPSA) is 65.5 Å². The summed E-state index contributed by atoms with van der Waals surface area (Å²) in [5.41, 5.74) is 4.13. The number of ether oxygens (including phenoxy) is 2. The molecule has 0 unspecified atom stereocenters. The average molecular weight is 325 g/mol. The second-order valence-corrected chi connectivity index (χ2v) is 6.11. The zero-order chi connectivity index (χ0) is 17.4. The van der Waals surface area contributed by atoms with Crippen molar-refractivity contribution >= 4 is 11.9 Å². The molecule has 1 aliphatic rings. The molecule has 1 aliphatic heterocycles. The molecule has 1 aromatic carbocycles. The number of rotatable bonds is 3. The van der Waals surface area contributed by atoms with Crippen molar-refractivity contribution in [3.05, 3.63) is 52.3 Å². The van der Waals surface area contributed by atoms with Crippen LogP contribution >= 0.6 is 0 Å². The molecule has 2 heterocycles. The van der Waals surface area contributed by atoms with E-state index in [1.54, 1.807) is 20.8 Å². The zero-order valence-electron chi connectivity index (χ0n) is 14.2. The number of fused-ring (bicyclic) bond motifs is 1. The summed E-state index contributed by atoms with van der Waals surface area (Å²) < 4.78 is 10.5. The highest BCUT2D eigenvalue weighted by atomic mass is 16.5. The van der Waals surface area contributed by atoms with Crippen LogP contribution in [0.1, 0.15) is 51.5 Å². The van der Waals surface area contributed by atoms with Crippen LogP contribution in [0.4, 0.5) is 0 Å². The Labute approximate surface area is 140 Å². The molecular formula is C19H19NO4. The zero-order valence-corrected chi connectivity index (χ0v) is 14.2. The summed E-state index contributed by atoms with van der Waals surface area (Å²) in [4.78, 5) is 29.3. The van der Waals surface area contributed by atoms with Gasteiger partial charge in [0, 0.05) is 5.56 Å². The van der Waals surface area contributed by atoms with Gasteiger partial charge < -0.3 is 9.47 Å². The van der Waals surface area contributed by atoms with Gasteiger partial charge in [-0.1, -0.05) is 24.3 Å². The first kappa shape index (κ1) is 16.2. The van der Waals surface area contributed by atoms with Gasteiger partial charge in [0.2, 0.25) is 0 Å². The van der Waals surface area contributed by atoms with Crippen LogP contribution in [0.15, 0.2) is 24.3 Å². The van der Waals surface area contributed by atoms with Crippen LogP contribution in [0.5, 0.6) is 0 Å². The Balaban J connectivity index is 2.34. The number of hydrogen-bond donors (Lipinski definition) is 0. The quantitative estimate of drug-likeness (QED) is 0.807. The molecule has 0 bridgehead atoms. The van der Waals surface area contributed by atoms with Crippen molar-refractivity contribution in [2.45, 2.75) is 40.4 Å². The molecule has 124 valence electrons. The molecule has 0 saturated heterocycles. The van der Waals surface area contributed by atoms with E-state index in [-0.39, 0.29) is 12.7 Å². The summed E-state index contributed by atoms with van der Waals surface area (Å²) >= 11 is 0. The van der Waals surface area contributed by atoms with E-state index in [1.165, 1.54) is 0 Å². The smallest absolute Gasteiger partial charge is 0.341 e. The fourth-order valence-corrected chi connectivity index (χ4v) is 2.94. The lowest BCUT2D eigenvalue weighted by molar-refractivity contribution is 0.0377. The van der Waals surface area contributed by atoms with E-state index in [0.717, 1.165) is 11.1 Å². The van der Waals surface area contributed by atoms with Crippen LogP contribution < -0.4 is 0 Å². The van der Waals surface area contributed by atoms with Crippen LogP contribution in [0, 0.1) is 13.8 Å². The monoisotopic (exact) mass is 325 g/mol. The molecule has 0 atom stereocenters. The molecule has 0 fully saturated rings. The van der Waals surface area contributed by atoms with Crippen molar-refractivity contribution in [1.82, 2.24) is 4.98 Å². The molecule has 5 heteroatoms. The number of pyridine rings is 1. The minimum absolute atomic E-state index is 0.132. The highest BCUT2D eigenvalue weighted by Gasteiger charge is 2.33. The summed E-state index contributed by atoms with van der Waals surface area (Å²) in [5, 5.41) is 0. The maximum Gasteiger partial charge on any atom is 0.341 e. The number of benzene rings is 1. The van der Waals surface area contributed by atoms with E-state index in [1.807, 2.05) is 31.2 Å². The van der Waals surface area contributed by atoms with Crippen molar-refractivity contribution in [2.75, 3.05) is 0 Å². The summed E-state index contributed by atoms with van der Waals surface area (Å²) in [6.45, 7) is 7.40. The van der Waals surface area contributed by atoms with Crippen molar-refractivity contribution in [1.29, 1.82) is 0 Å². The molecule has 0 aliphatic carbocycles. The van der Waals surface area contributed by atoms with Gasteiger partial charge in [0.1, 0.15) is 6.61 Å². The summed E-state index contributed by atoms with van der Waals surface area (Å²) in [7, 11) is 0. The largest absolute Gasteiger partial charge is 0.459 e. The lowest BCUT2D eigenvalue weighted by Crippen LogP contribution is -2.17. The second kappa shape index (κ2) is 6.07. The predicted molar refractivity (Wildman–Crippen MR) is 88.8 cm³/mol. The number of hydrogen-bond acceptors (Lipinski definition) is 5. The van der Waals surface area contributed by atoms with Crippen LogP contribution in [0.2, 0.25) is 0 Å². The van der Waals surface area contributed by atoms with Crippen LogP contribution in [0.3, 0.4) is 0 Å². The van der Waals surface area contributed by atoms with E-state index in [4.69, 9.17) is 9.47 Å². The first-order valence-electron chi connectivity index (χ1n) is 7.87. The minimum Gasteiger partial charge on any atom is -0.459 e. The molecule has 0 amide bonds. The molecule has 3 rings (SSSR count). The van der Waals surface area contributed by atoms with Gasteiger partial charge in [-0.25, -0.2) is 9.59 Å². The van der Waals surface area contributed by atoms with Crippen molar-refractivity contribution in [3.8, 4) is 11.1 Å². The fourth-order valence-electron chi connectivity index (χ4n) is 2.94. The minimum atomic E-state index is -0.476. The number of aromatic nitrogens is 1. The van der Waals surface area contributed by atoms with E-state index in [9.17, 15) is 9.59 Å². The Morgan fingerprint density at radius 2 is 1.92 bits per heavy atom. The SMILES string of the molecule is Cc1ccccc1-c1c(C(=O)OC(C)C)c(C)nc2c1C(=O)OC2. The Morgan fingerprint density at radius 1 is 1.21 bits per heavy atom. The number of nitrogens with zero attached hydrogens (tertiary/aromatic N) is 1. The van der Waals surface area contributed by atoms with E-state index in [2.05, 4.69) is 4.98 Å². The maximum absolute atomic E-state index is 12.7. The molecule has 0 radical (unpaired) electrons. The first-order chi connectivity index (χ1) is 11.4. The van der Waals surface area contributed by atoms with Gasteiger partial charge in [0.15, 0.2) is 0 Å². The van der Waals surface area contributed by atoms with Crippen LogP contribution in [-0.4, -0.2) is 23.0 Å². The van der Waals surface area contributed by atoms with Gasteiger partial charge in [-0.05, 0) is 38.8 Å². The Kier molecular flexibility index (Phi) is 4.09. The van der Waals surface area contributed by atoms with Gasteiger partial charge in [-0.2, -0.15) is 0 Å². The normalized spacial score (nSPS) is 13.0. The van der Waals surface area contributed by atoms with Crippen LogP contribution in [-0.2, 0) is 16.1 Å². The summed E-state index contributed by atoms with van der Waals surface area (Å²) in [6.07, 6.45) is -0.262. The molecule has 5 nitrogen and oxygen atoms in total. The van der Waals surface area contributed by atoms with E-state index < -0.39 is 11.9 Å². The van der Waals surface area contributed by atoms with Gasteiger partial charge in [0.25, 0.3) is 0 Å². The maximum atomic E-state index is 12.7. The standard InChI is InChI=1S/C19H19NO4/c1-10(2)24-19(22)15-12(4)20-14-9-23-18(21)17(14)16(15)13-8-6-5-7-11(13)3/h5-8,10H,9H2,1-4H3. The fraction of sp³-hybridized carbons (Fsp3) is 0.316. The highest BCUT2D eigenvalue weighted by Crippen LogP contribution is 2.36. The molecule has 24 heavy (non-hydrogen) atoms. The lowest BCUT2D eigenvalue weighted by Gasteiger charge is -2.17. The molecule has 0 N–H and O–H groups in total. The molecule has 2 aromatic rings. The first-order valence-corrected chi connectivity index (χ1v) is 7.87.